The smallest absolute Gasteiger partial charge is 0.166 e. The predicted molar refractivity (Wildman–Crippen MR) is 161 cm³/mol. The Morgan fingerprint density at radius 2 is 1.45 bits per heavy atom. The highest BCUT2D eigenvalue weighted by atomic mass is 19.2. The number of benzene rings is 3. The van der Waals surface area contributed by atoms with Crippen LogP contribution in [0.4, 0.5) is 13.2 Å². The van der Waals surface area contributed by atoms with Crippen LogP contribution in [0, 0.1) is 35.2 Å². The van der Waals surface area contributed by atoms with Crippen LogP contribution >= 0.6 is 0 Å². The molecule has 2 aliphatic rings. The van der Waals surface area contributed by atoms with Gasteiger partial charge in [0, 0.05) is 11.1 Å². The van der Waals surface area contributed by atoms with Gasteiger partial charge in [-0.05, 0) is 116 Å². The molecule has 0 heterocycles. The van der Waals surface area contributed by atoms with E-state index in [2.05, 4.69) is 18.7 Å². The fourth-order valence-corrected chi connectivity index (χ4v) is 6.59. The third-order valence-corrected chi connectivity index (χ3v) is 9.09. The van der Waals surface area contributed by atoms with E-state index < -0.39 is 11.6 Å². The van der Waals surface area contributed by atoms with Gasteiger partial charge in [-0.1, -0.05) is 72.8 Å². The lowest BCUT2D eigenvalue weighted by atomic mass is 9.71. The van der Waals surface area contributed by atoms with E-state index in [4.69, 9.17) is 0 Å². The van der Waals surface area contributed by atoms with Gasteiger partial charge in [0.05, 0.1) is 0 Å². The first-order chi connectivity index (χ1) is 19.5. The van der Waals surface area contributed by atoms with E-state index in [9.17, 15) is 8.78 Å². The predicted octanol–water partition coefficient (Wildman–Crippen LogP) is 11.1. The van der Waals surface area contributed by atoms with Crippen LogP contribution < -0.4 is 0 Å². The lowest BCUT2D eigenvalue weighted by Gasteiger charge is -2.34. The highest BCUT2D eigenvalue weighted by Crippen LogP contribution is 2.42. The maximum absolute atomic E-state index is 15.3. The maximum atomic E-state index is 15.3. The molecule has 1 unspecified atom stereocenters. The van der Waals surface area contributed by atoms with E-state index in [-0.39, 0.29) is 11.4 Å². The van der Waals surface area contributed by atoms with Crippen molar-refractivity contribution in [2.75, 3.05) is 0 Å². The molecule has 5 rings (SSSR count). The summed E-state index contributed by atoms with van der Waals surface area (Å²) in [6, 6.07) is 15.8. The zero-order valence-corrected chi connectivity index (χ0v) is 23.4. The van der Waals surface area contributed by atoms with Gasteiger partial charge >= 0.3 is 0 Å². The second kappa shape index (κ2) is 12.9. The molecule has 1 fully saturated rings. The average molecular weight is 541 g/mol. The Labute approximate surface area is 237 Å². The van der Waals surface area contributed by atoms with E-state index in [0.29, 0.717) is 41.0 Å². The van der Waals surface area contributed by atoms with E-state index in [1.807, 2.05) is 31.2 Å². The van der Waals surface area contributed by atoms with Gasteiger partial charge in [0.15, 0.2) is 11.6 Å². The first-order valence-electron chi connectivity index (χ1n) is 14.8. The normalized spacial score (nSPS) is 21.4. The second-order valence-corrected chi connectivity index (χ2v) is 11.5. The summed E-state index contributed by atoms with van der Waals surface area (Å²) >= 11 is 0. The fraction of sp³-hybridized carbons (Fsp3) is 0.351. The van der Waals surface area contributed by atoms with Gasteiger partial charge in [0.2, 0.25) is 0 Å². The van der Waals surface area contributed by atoms with E-state index in [1.165, 1.54) is 37.7 Å². The molecule has 0 aromatic heterocycles. The minimum absolute atomic E-state index is 0.214. The van der Waals surface area contributed by atoms with Crippen molar-refractivity contribution in [3.8, 4) is 22.3 Å². The van der Waals surface area contributed by atoms with E-state index in [0.717, 1.165) is 30.2 Å². The van der Waals surface area contributed by atoms with E-state index in [1.54, 1.807) is 42.5 Å². The van der Waals surface area contributed by atoms with Crippen LogP contribution in [0.3, 0.4) is 0 Å². The van der Waals surface area contributed by atoms with Gasteiger partial charge in [-0.25, -0.2) is 13.2 Å². The molecule has 0 aliphatic heterocycles. The largest absolute Gasteiger partial charge is 0.206 e. The third kappa shape index (κ3) is 6.19. The number of allylic oxidation sites excluding steroid dienone is 5. The van der Waals surface area contributed by atoms with Gasteiger partial charge in [-0.3, -0.25) is 0 Å². The molecule has 40 heavy (non-hydrogen) atoms. The highest BCUT2D eigenvalue weighted by Gasteiger charge is 2.28. The van der Waals surface area contributed by atoms with Gasteiger partial charge in [0.1, 0.15) is 5.82 Å². The molecule has 208 valence electrons. The van der Waals surface area contributed by atoms with Crippen LogP contribution in [0.1, 0.15) is 69.4 Å². The standard InChI is InChI=1S/C37H39F3/c1-3-5-6-7-31-20-23-34(37(40)36(31)39)30-18-16-29(17-19-30)33-22-21-32(24-35(33)38)28-14-12-27(13-15-28)26-10-8-25(4-2)9-11-26/h3-5,14,16-27H,2,6-13,15H2,1H3/b5-3+. The molecule has 3 aromatic carbocycles. The van der Waals surface area contributed by atoms with Gasteiger partial charge < -0.3 is 0 Å². The molecule has 0 amide bonds. The van der Waals surface area contributed by atoms with Crippen molar-refractivity contribution in [1.82, 2.24) is 0 Å². The van der Waals surface area contributed by atoms with Crippen molar-refractivity contribution in [3.63, 3.8) is 0 Å². The van der Waals surface area contributed by atoms with Crippen molar-refractivity contribution in [2.24, 2.45) is 17.8 Å². The number of aryl methyl sites for hydroxylation is 1. The Bertz CT molecular complexity index is 1390. The van der Waals surface area contributed by atoms with Crippen molar-refractivity contribution < 1.29 is 13.2 Å². The van der Waals surface area contributed by atoms with Crippen LogP contribution in [-0.2, 0) is 6.42 Å². The SMILES string of the molecule is C=CC1CCC(C2CC=C(c3ccc(-c4ccc(-c5ccc(CC/C=C/C)c(F)c5F)cc4)c(F)c3)CC2)CC1. The van der Waals surface area contributed by atoms with Crippen LogP contribution in [0.15, 0.2) is 85.5 Å². The first-order valence-corrected chi connectivity index (χ1v) is 14.8. The fourth-order valence-electron chi connectivity index (χ4n) is 6.59. The molecule has 1 atom stereocenters. The topological polar surface area (TPSA) is 0 Å². The average Bonchev–Trinajstić information content (AvgIpc) is 3.00. The Kier molecular flexibility index (Phi) is 9.09. The summed E-state index contributed by atoms with van der Waals surface area (Å²) in [4.78, 5) is 0. The van der Waals surface area contributed by atoms with Crippen LogP contribution in [-0.4, -0.2) is 0 Å². The molecular weight excluding hydrogens is 501 g/mol. The maximum Gasteiger partial charge on any atom is 0.166 e. The summed E-state index contributed by atoms with van der Waals surface area (Å²) in [6.45, 7) is 5.87. The zero-order valence-electron chi connectivity index (χ0n) is 23.4. The lowest BCUT2D eigenvalue weighted by molar-refractivity contribution is 0.212. The van der Waals surface area contributed by atoms with Crippen molar-refractivity contribution >= 4 is 5.57 Å². The number of hydrogen-bond donors (Lipinski definition) is 0. The van der Waals surface area contributed by atoms with Crippen LogP contribution in [0.2, 0.25) is 0 Å². The molecule has 0 saturated heterocycles. The Morgan fingerprint density at radius 3 is 2.08 bits per heavy atom. The summed E-state index contributed by atoms with van der Waals surface area (Å²) in [6.07, 6.45) is 17.8. The molecule has 1 saturated carbocycles. The highest BCUT2D eigenvalue weighted by molar-refractivity contribution is 5.74. The molecule has 0 nitrogen and oxygen atoms in total. The van der Waals surface area contributed by atoms with E-state index >= 15 is 4.39 Å². The molecule has 0 spiro atoms. The molecule has 0 N–H and O–H groups in total. The summed E-state index contributed by atoms with van der Waals surface area (Å²) < 4.78 is 44.8. The third-order valence-electron chi connectivity index (χ3n) is 9.09. The molecule has 3 aromatic rings. The molecular formula is C37H39F3. The molecule has 2 aliphatic carbocycles. The van der Waals surface area contributed by atoms with Crippen molar-refractivity contribution in [1.29, 1.82) is 0 Å². The lowest BCUT2D eigenvalue weighted by Crippen LogP contribution is -2.22. The first kappa shape index (κ1) is 28.2. The monoisotopic (exact) mass is 540 g/mol. The zero-order chi connectivity index (χ0) is 28.1. The molecule has 0 radical (unpaired) electrons. The van der Waals surface area contributed by atoms with Crippen molar-refractivity contribution in [2.45, 2.75) is 64.7 Å². The van der Waals surface area contributed by atoms with Crippen LogP contribution in [0.25, 0.3) is 27.8 Å². The minimum Gasteiger partial charge on any atom is -0.206 e. The van der Waals surface area contributed by atoms with Gasteiger partial charge in [-0.2, -0.15) is 0 Å². The van der Waals surface area contributed by atoms with Gasteiger partial charge in [-0.15, -0.1) is 6.58 Å². The Hall–Kier alpha value is -3.33. The number of rotatable bonds is 8. The minimum atomic E-state index is -0.839. The second-order valence-electron chi connectivity index (χ2n) is 11.5. The Balaban J connectivity index is 1.26. The van der Waals surface area contributed by atoms with Gasteiger partial charge in [0.25, 0.3) is 0 Å². The summed E-state index contributed by atoms with van der Waals surface area (Å²) in [7, 11) is 0. The van der Waals surface area contributed by atoms with Crippen molar-refractivity contribution in [3.05, 3.63) is 114 Å². The summed E-state index contributed by atoms with van der Waals surface area (Å²) in [5, 5.41) is 0. The number of hydrogen-bond acceptors (Lipinski definition) is 0. The molecule has 3 heteroatoms. The summed E-state index contributed by atoms with van der Waals surface area (Å²) in [5.74, 6) is 0.341. The quantitative estimate of drug-likeness (QED) is 0.249. The Morgan fingerprint density at radius 1 is 0.775 bits per heavy atom. The van der Waals surface area contributed by atoms with Crippen LogP contribution in [0.5, 0.6) is 0 Å². The molecule has 0 bridgehead atoms. The number of halogens is 3. The summed E-state index contributed by atoms with van der Waals surface area (Å²) in [5.41, 5.74) is 4.57.